The van der Waals surface area contributed by atoms with Gasteiger partial charge in [0.25, 0.3) is 0 Å². The van der Waals surface area contributed by atoms with E-state index >= 15 is 0 Å². The summed E-state index contributed by atoms with van der Waals surface area (Å²) < 4.78 is 5.23. The van der Waals surface area contributed by atoms with E-state index in [1.54, 1.807) is 23.5 Å². The van der Waals surface area contributed by atoms with Crippen LogP contribution >= 0.6 is 23.5 Å². The minimum absolute atomic E-state index is 0.0266. The first-order valence-electron chi connectivity index (χ1n) is 5.25. The van der Waals surface area contributed by atoms with Gasteiger partial charge in [-0.1, -0.05) is 0 Å². The molecule has 1 fully saturated rings. The van der Waals surface area contributed by atoms with Crippen LogP contribution in [0.15, 0.2) is 0 Å². The zero-order valence-electron chi connectivity index (χ0n) is 9.02. The second-order valence-corrected chi connectivity index (χ2v) is 5.81. The molecular formula is C10H16O4S2. The third-order valence-corrected chi connectivity index (χ3v) is 4.40. The van der Waals surface area contributed by atoms with Crippen molar-refractivity contribution in [1.82, 2.24) is 0 Å². The molecule has 0 unspecified atom stereocenters. The Kier molecular flexibility index (Phi) is 6.71. The summed E-state index contributed by atoms with van der Waals surface area (Å²) in [6.07, 6.45) is 0.971. The van der Waals surface area contributed by atoms with E-state index < -0.39 is 11.9 Å². The molecule has 0 bridgehead atoms. The lowest BCUT2D eigenvalue weighted by molar-refractivity contribution is -0.150. The van der Waals surface area contributed by atoms with Crippen LogP contribution in [0.1, 0.15) is 19.3 Å². The Balaban J connectivity index is 2.22. The normalized spacial score (nSPS) is 18.5. The molecule has 0 amide bonds. The number of thioether (sulfide) groups is 2. The molecule has 0 aromatic carbocycles. The Morgan fingerprint density at radius 1 is 1.19 bits per heavy atom. The first kappa shape index (κ1) is 13.7. The van der Waals surface area contributed by atoms with Gasteiger partial charge >= 0.3 is 11.9 Å². The zero-order chi connectivity index (χ0) is 11.8. The van der Waals surface area contributed by atoms with Gasteiger partial charge in [-0.05, 0) is 17.9 Å². The van der Waals surface area contributed by atoms with Gasteiger partial charge < -0.3 is 9.84 Å². The third-order valence-electron chi connectivity index (χ3n) is 2.03. The Labute approximate surface area is 103 Å². The van der Waals surface area contributed by atoms with Gasteiger partial charge in [0.2, 0.25) is 0 Å². The van der Waals surface area contributed by atoms with E-state index in [2.05, 4.69) is 0 Å². The lowest BCUT2D eigenvalue weighted by Crippen LogP contribution is -2.25. The number of esters is 1. The van der Waals surface area contributed by atoms with Crippen molar-refractivity contribution in [2.75, 3.05) is 23.0 Å². The fraction of sp³-hybridized carbons (Fsp3) is 0.800. The van der Waals surface area contributed by atoms with Crippen molar-refractivity contribution in [3.8, 4) is 0 Å². The second-order valence-electron chi connectivity index (χ2n) is 3.51. The first-order valence-corrected chi connectivity index (χ1v) is 7.56. The van der Waals surface area contributed by atoms with Crippen molar-refractivity contribution in [3.63, 3.8) is 0 Å². The summed E-state index contributed by atoms with van der Waals surface area (Å²) >= 11 is 3.59. The van der Waals surface area contributed by atoms with Gasteiger partial charge in [0, 0.05) is 11.5 Å². The molecule has 1 saturated heterocycles. The highest BCUT2D eigenvalue weighted by Crippen LogP contribution is 2.18. The van der Waals surface area contributed by atoms with Crippen LogP contribution < -0.4 is 0 Å². The van der Waals surface area contributed by atoms with E-state index in [-0.39, 0.29) is 18.9 Å². The number of hydrogen-bond donors (Lipinski definition) is 1. The highest BCUT2D eigenvalue weighted by atomic mass is 32.2. The molecule has 6 heteroatoms. The van der Waals surface area contributed by atoms with E-state index in [0.717, 1.165) is 23.0 Å². The summed E-state index contributed by atoms with van der Waals surface area (Å²) in [7, 11) is 0. The lowest BCUT2D eigenvalue weighted by Gasteiger charge is -2.19. The molecule has 0 spiro atoms. The maximum absolute atomic E-state index is 11.3. The molecule has 0 aromatic rings. The van der Waals surface area contributed by atoms with Crippen LogP contribution in [0.3, 0.4) is 0 Å². The molecule has 92 valence electrons. The lowest BCUT2D eigenvalue weighted by atomic mass is 10.3. The van der Waals surface area contributed by atoms with Gasteiger partial charge in [0.15, 0.2) is 0 Å². The number of rotatable bonds is 4. The molecular weight excluding hydrogens is 248 g/mol. The largest absolute Gasteiger partial charge is 0.481 e. The molecule has 1 aliphatic heterocycles. The van der Waals surface area contributed by atoms with E-state index in [1.807, 2.05) is 0 Å². The van der Waals surface area contributed by atoms with E-state index in [0.29, 0.717) is 0 Å². The van der Waals surface area contributed by atoms with Crippen molar-refractivity contribution < 1.29 is 19.4 Å². The number of carboxylic acids is 1. The number of carbonyl (C=O) groups excluding carboxylic acids is 1. The quantitative estimate of drug-likeness (QED) is 0.779. The van der Waals surface area contributed by atoms with Crippen LogP contribution in [0.5, 0.6) is 0 Å². The average Bonchev–Trinajstić information content (AvgIpc) is 2.19. The fourth-order valence-corrected chi connectivity index (χ4v) is 3.52. The predicted molar refractivity (Wildman–Crippen MR) is 66.0 cm³/mol. The molecule has 0 aromatic heterocycles. The summed E-state index contributed by atoms with van der Waals surface area (Å²) in [6, 6.07) is 0. The first-order chi connectivity index (χ1) is 7.68. The topological polar surface area (TPSA) is 63.6 Å². The minimum Gasteiger partial charge on any atom is -0.481 e. The second kappa shape index (κ2) is 7.84. The molecule has 4 nitrogen and oxygen atoms in total. The minimum atomic E-state index is -0.960. The summed E-state index contributed by atoms with van der Waals surface area (Å²) in [6.45, 7) is 0. The molecule has 0 saturated carbocycles. The van der Waals surface area contributed by atoms with Crippen LogP contribution in [-0.2, 0) is 14.3 Å². The Morgan fingerprint density at radius 2 is 1.81 bits per heavy atom. The Hall–Kier alpha value is -0.360. The Bertz CT molecular complexity index is 237. The van der Waals surface area contributed by atoms with Gasteiger partial charge in [0.1, 0.15) is 6.10 Å². The monoisotopic (exact) mass is 264 g/mol. The van der Waals surface area contributed by atoms with E-state index in [9.17, 15) is 9.59 Å². The van der Waals surface area contributed by atoms with Gasteiger partial charge in [-0.25, -0.2) is 0 Å². The summed E-state index contributed by atoms with van der Waals surface area (Å²) in [4.78, 5) is 21.6. The molecule has 1 heterocycles. The molecule has 0 aliphatic carbocycles. The summed E-state index contributed by atoms with van der Waals surface area (Å²) in [5.41, 5.74) is 0. The number of carbonyl (C=O) groups is 2. The van der Waals surface area contributed by atoms with Crippen LogP contribution in [0, 0.1) is 0 Å². The van der Waals surface area contributed by atoms with Crippen molar-refractivity contribution in [2.24, 2.45) is 0 Å². The smallest absolute Gasteiger partial charge is 0.306 e. The summed E-state index contributed by atoms with van der Waals surface area (Å²) in [5.74, 6) is 2.51. The summed E-state index contributed by atoms with van der Waals surface area (Å²) in [5, 5.41) is 8.43. The Morgan fingerprint density at radius 3 is 2.38 bits per heavy atom. The van der Waals surface area contributed by atoms with E-state index in [1.165, 1.54) is 6.42 Å². The number of ether oxygens (including phenoxy) is 1. The van der Waals surface area contributed by atoms with Crippen LogP contribution in [0.2, 0.25) is 0 Å². The number of hydrogen-bond acceptors (Lipinski definition) is 5. The van der Waals surface area contributed by atoms with Crippen LogP contribution in [-0.4, -0.2) is 46.2 Å². The fourth-order valence-electron chi connectivity index (χ4n) is 1.26. The van der Waals surface area contributed by atoms with Crippen molar-refractivity contribution >= 4 is 35.5 Å². The van der Waals surface area contributed by atoms with Crippen molar-refractivity contribution in [3.05, 3.63) is 0 Å². The van der Waals surface area contributed by atoms with Crippen molar-refractivity contribution in [1.29, 1.82) is 0 Å². The molecule has 1 rings (SSSR count). The maximum atomic E-state index is 11.3. The SMILES string of the molecule is O=C(O)CCC(=O)OC1CSCCCSC1. The maximum Gasteiger partial charge on any atom is 0.306 e. The third kappa shape index (κ3) is 6.27. The molecule has 0 atom stereocenters. The highest BCUT2D eigenvalue weighted by Gasteiger charge is 2.17. The van der Waals surface area contributed by atoms with Gasteiger partial charge in [-0.15, -0.1) is 0 Å². The molecule has 1 aliphatic rings. The highest BCUT2D eigenvalue weighted by molar-refractivity contribution is 8.00. The zero-order valence-corrected chi connectivity index (χ0v) is 10.6. The van der Waals surface area contributed by atoms with Gasteiger partial charge in [-0.3, -0.25) is 9.59 Å². The average molecular weight is 264 g/mol. The predicted octanol–water partition coefficient (Wildman–Crippen LogP) is 1.63. The van der Waals surface area contributed by atoms with Crippen LogP contribution in [0.4, 0.5) is 0 Å². The molecule has 0 radical (unpaired) electrons. The van der Waals surface area contributed by atoms with Gasteiger partial charge in [-0.2, -0.15) is 23.5 Å². The molecule has 16 heavy (non-hydrogen) atoms. The van der Waals surface area contributed by atoms with Crippen LogP contribution in [0.25, 0.3) is 0 Å². The van der Waals surface area contributed by atoms with Gasteiger partial charge in [0.05, 0.1) is 12.8 Å². The van der Waals surface area contributed by atoms with Crippen molar-refractivity contribution in [2.45, 2.75) is 25.4 Å². The standard InChI is InChI=1S/C10H16O4S2/c11-9(12)2-3-10(13)14-8-6-15-4-1-5-16-7-8/h8H,1-7H2,(H,11,12). The number of aliphatic carboxylic acids is 1. The number of carboxylic acid groups (broad SMARTS) is 1. The van der Waals surface area contributed by atoms with E-state index in [4.69, 9.17) is 9.84 Å². The molecule has 1 N–H and O–H groups in total.